The predicted molar refractivity (Wildman–Crippen MR) is 76.6 cm³/mol. The summed E-state index contributed by atoms with van der Waals surface area (Å²) >= 11 is 0. The van der Waals surface area contributed by atoms with Crippen molar-refractivity contribution in [2.24, 2.45) is 5.10 Å². The van der Waals surface area contributed by atoms with E-state index in [9.17, 15) is 9.59 Å². The molecule has 0 atom stereocenters. The molecule has 6 nitrogen and oxygen atoms in total. The van der Waals surface area contributed by atoms with Crippen LogP contribution < -0.4 is 15.5 Å². The molecule has 0 saturated carbocycles. The molecule has 0 unspecified atom stereocenters. The Kier molecular flexibility index (Phi) is 6.53. The Bertz CT molecular complexity index is 512. The number of hydrazone groups is 1. The van der Waals surface area contributed by atoms with Crippen LogP contribution in [0.25, 0.3) is 0 Å². The Morgan fingerprint density at radius 2 is 2.10 bits per heavy atom. The van der Waals surface area contributed by atoms with Crippen molar-refractivity contribution < 1.29 is 14.3 Å². The molecule has 6 heteroatoms. The number of nitrogens with one attached hydrogen (secondary N) is 2. The molecular formula is C14H17N3O3. The minimum absolute atomic E-state index is 0.281. The molecule has 1 rings (SSSR count). The van der Waals surface area contributed by atoms with Crippen LogP contribution in [-0.4, -0.2) is 31.7 Å². The van der Waals surface area contributed by atoms with Crippen molar-refractivity contribution in [3.63, 3.8) is 0 Å². The Balaban J connectivity index is 2.46. The van der Waals surface area contributed by atoms with Gasteiger partial charge >= 0.3 is 0 Å². The SMILES string of the molecule is C=CCNC(=O)CC(=O)NN=Cc1ccccc1OC. The van der Waals surface area contributed by atoms with Crippen LogP contribution in [0.3, 0.4) is 0 Å². The molecule has 106 valence electrons. The van der Waals surface area contributed by atoms with Gasteiger partial charge in [-0.1, -0.05) is 18.2 Å². The van der Waals surface area contributed by atoms with Gasteiger partial charge in [0, 0.05) is 12.1 Å². The lowest BCUT2D eigenvalue weighted by Gasteiger charge is -2.03. The fourth-order valence-corrected chi connectivity index (χ4v) is 1.38. The van der Waals surface area contributed by atoms with Crippen molar-refractivity contribution in [2.75, 3.05) is 13.7 Å². The molecule has 0 fully saturated rings. The lowest BCUT2D eigenvalue weighted by Crippen LogP contribution is -2.29. The average Bonchev–Trinajstić information content (AvgIpc) is 2.45. The number of hydrogen-bond donors (Lipinski definition) is 2. The van der Waals surface area contributed by atoms with Gasteiger partial charge in [0.2, 0.25) is 11.8 Å². The molecule has 0 aliphatic rings. The number of rotatable bonds is 7. The van der Waals surface area contributed by atoms with Crippen LogP contribution in [0.1, 0.15) is 12.0 Å². The molecule has 0 radical (unpaired) electrons. The minimum atomic E-state index is -0.488. The first-order valence-corrected chi connectivity index (χ1v) is 6.00. The van der Waals surface area contributed by atoms with E-state index in [1.165, 1.54) is 12.3 Å². The highest BCUT2D eigenvalue weighted by Gasteiger charge is 2.07. The lowest BCUT2D eigenvalue weighted by molar-refractivity contribution is -0.129. The van der Waals surface area contributed by atoms with E-state index in [1.807, 2.05) is 12.1 Å². The summed E-state index contributed by atoms with van der Waals surface area (Å²) in [6, 6.07) is 7.24. The number of amides is 2. The van der Waals surface area contributed by atoms with Crippen LogP contribution in [0.4, 0.5) is 0 Å². The largest absolute Gasteiger partial charge is 0.496 e. The molecule has 0 aliphatic carbocycles. The van der Waals surface area contributed by atoms with Crippen LogP contribution in [0.2, 0.25) is 0 Å². The maximum atomic E-state index is 11.4. The van der Waals surface area contributed by atoms with Crippen LogP contribution in [0, 0.1) is 0 Å². The third-order valence-corrected chi connectivity index (χ3v) is 2.30. The van der Waals surface area contributed by atoms with Crippen molar-refractivity contribution in [1.29, 1.82) is 0 Å². The molecule has 20 heavy (non-hydrogen) atoms. The highest BCUT2D eigenvalue weighted by atomic mass is 16.5. The van der Waals surface area contributed by atoms with E-state index in [4.69, 9.17) is 4.74 Å². The van der Waals surface area contributed by atoms with Crippen LogP contribution >= 0.6 is 0 Å². The standard InChI is InChI=1S/C14H17N3O3/c1-3-8-15-13(18)9-14(19)17-16-10-11-6-4-5-7-12(11)20-2/h3-7,10H,1,8-9H2,2H3,(H,15,18)(H,17,19). The number of para-hydroxylation sites is 1. The van der Waals surface area contributed by atoms with E-state index < -0.39 is 5.91 Å². The van der Waals surface area contributed by atoms with E-state index in [-0.39, 0.29) is 12.3 Å². The molecule has 1 aromatic carbocycles. The molecular weight excluding hydrogens is 258 g/mol. The van der Waals surface area contributed by atoms with E-state index in [0.29, 0.717) is 12.3 Å². The van der Waals surface area contributed by atoms with Crippen LogP contribution in [0.5, 0.6) is 5.75 Å². The number of nitrogens with zero attached hydrogens (tertiary/aromatic N) is 1. The van der Waals surface area contributed by atoms with Crippen molar-refractivity contribution in [2.45, 2.75) is 6.42 Å². The van der Waals surface area contributed by atoms with Crippen LogP contribution in [-0.2, 0) is 9.59 Å². The number of benzene rings is 1. The van der Waals surface area contributed by atoms with Crippen LogP contribution in [0.15, 0.2) is 42.0 Å². The third kappa shape index (κ3) is 5.34. The number of carbonyl (C=O) groups excluding carboxylic acids is 2. The summed E-state index contributed by atoms with van der Waals surface area (Å²) in [5, 5.41) is 6.28. The van der Waals surface area contributed by atoms with Gasteiger partial charge in [0.15, 0.2) is 0 Å². The fourth-order valence-electron chi connectivity index (χ4n) is 1.38. The van der Waals surface area contributed by atoms with Crippen molar-refractivity contribution in [1.82, 2.24) is 10.7 Å². The Morgan fingerprint density at radius 3 is 2.80 bits per heavy atom. The fraction of sp³-hybridized carbons (Fsp3) is 0.214. The first kappa shape index (κ1) is 15.4. The summed E-state index contributed by atoms with van der Waals surface area (Å²) in [6.45, 7) is 3.79. The Labute approximate surface area is 117 Å². The molecule has 2 amide bonds. The van der Waals surface area contributed by atoms with E-state index in [1.54, 1.807) is 19.2 Å². The number of ether oxygens (including phenoxy) is 1. The summed E-state index contributed by atoms with van der Waals surface area (Å²) in [6.07, 6.45) is 2.71. The maximum absolute atomic E-state index is 11.4. The smallest absolute Gasteiger partial charge is 0.249 e. The second kappa shape index (κ2) is 8.47. The summed E-state index contributed by atoms with van der Waals surface area (Å²) < 4.78 is 5.13. The minimum Gasteiger partial charge on any atom is -0.496 e. The summed E-state index contributed by atoms with van der Waals surface area (Å²) in [4.78, 5) is 22.7. The molecule has 0 aliphatic heterocycles. The van der Waals surface area contributed by atoms with Gasteiger partial charge in [-0.25, -0.2) is 5.43 Å². The quantitative estimate of drug-likeness (QED) is 0.335. The van der Waals surface area contributed by atoms with Gasteiger partial charge < -0.3 is 10.1 Å². The zero-order valence-corrected chi connectivity index (χ0v) is 11.3. The number of carbonyl (C=O) groups is 2. The highest BCUT2D eigenvalue weighted by molar-refractivity contribution is 5.97. The predicted octanol–water partition coefficient (Wildman–Crippen LogP) is 0.838. The molecule has 0 aromatic heterocycles. The third-order valence-electron chi connectivity index (χ3n) is 2.30. The Morgan fingerprint density at radius 1 is 1.35 bits per heavy atom. The molecule has 0 saturated heterocycles. The van der Waals surface area contributed by atoms with Gasteiger partial charge in [0.1, 0.15) is 12.2 Å². The number of hydrogen-bond acceptors (Lipinski definition) is 4. The average molecular weight is 275 g/mol. The van der Waals surface area contributed by atoms with E-state index >= 15 is 0 Å². The highest BCUT2D eigenvalue weighted by Crippen LogP contribution is 2.14. The Hall–Kier alpha value is -2.63. The van der Waals surface area contributed by atoms with E-state index in [0.717, 1.165) is 5.56 Å². The van der Waals surface area contributed by atoms with Gasteiger partial charge in [-0.05, 0) is 12.1 Å². The monoisotopic (exact) mass is 275 g/mol. The zero-order valence-electron chi connectivity index (χ0n) is 11.3. The summed E-state index contributed by atoms with van der Waals surface area (Å²) in [7, 11) is 1.55. The van der Waals surface area contributed by atoms with Gasteiger partial charge in [0.05, 0.1) is 13.3 Å². The van der Waals surface area contributed by atoms with Crippen molar-refractivity contribution in [3.05, 3.63) is 42.5 Å². The lowest BCUT2D eigenvalue weighted by atomic mass is 10.2. The topological polar surface area (TPSA) is 79.8 Å². The second-order valence-corrected chi connectivity index (χ2v) is 3.80. The van der Waals surface area contributed by atoms with E-state index in [2.05, 4.69) is 22.4 Å². The molecule has 1 aromatic rings. The number of methoxy groups -OCH3 is 1. The van der Waals surface area contributed by atoms with Gasteiger partial charge in [0.25, 0.3) is 0 Å². The van der Waals surface area contributed by atoms with Gasteiger partial charge in [-0.2, -0.15) is 5.10 Å². The second-order valence-electron chi connectivity index (χ2n) is 3.80. The molecule has 0 spiro atoms. The normalized spacial score (nSPS) is 10.1. The molecule has 2 N–H and O–H groups in total. The van der Waals surface area contributed by atoms with Gasteiger partial charge in [-0.3, -0.25) is 9.59 Å². The summed E-state index contributed by atoms with van der Waals surface area (Å²) in [5.41, 5.74) is 3.01. The van der Waals surface area contributed by atoms with Crippen molar-refractivity contribution >= 4 is 18.0 Å². The maximum Gasteiger partial charge on any atom is 0.249 e. The first-order chi connectivity index (χ1) is 9.67. The molecule has 0 heterocycles. The van der Waals surface area contributed by atoms with Crippen molar-refractivity contribution in [3.8, 4) is 5.75 Å². The molecule has 0 bridgehead atoms. The first-order valence-electron chi connectivity index (χ1n) is 6.00. The summed E-state index contributed by atoms with van der Waals surface area (Å²) in [5.74, 6) is -0.221. The zero-order chi connectivity index (χ0) is 14.8. The van der Waals surface area contributed by atoms with Gasteiger partial charge in [-0.15, -0.1) is 6.58 Å².